The highest BCUT2D eigenvalue weighted by Gasteiger charge is 2.17. The van der Waals surface area contributed by atoms with Crippen LogP contribution in [0, 0.1) is 6.92 Å². The Bertz CT molecular complexity index is 1170. The third-order valence-corrected chi connectivity index (χ3v) is 5.86. The molecule has 0 spiro atoms. The summed E-state index contributed by atoms with van der Waals surface area (Å²) in [6.07, 6.45) is 0.870. The van der Waals surface area contributed by atoms with E-state index in [-0.39, 0.29) is 17.4 Å². The molecule has 0 aliphatic heterocycles. The predicted octanol–water partition coefficient (Wildman–Crippen LogP) is 4.83. The summed E-state index contributed by atoms with van der Waals surface area (Å²) in [5.74, 6) is 0.210. The molecule has 0 radical (unpaired) electrons. The van der Waals surface area contributed by atoms with Crippen molar-refractivity contribution in [2.24, 2.45) is 5.73 Å². The number of phenolic OH excluding ortho intramolecular Hbond substituents is 1. The molecule has 4 rings (SSSR count). The van der Waals surface area contributed by atoms with Gasteiger partial charge in [0.1, 0.15) is 10.4 Å². The number of aromatic hydroxyl groups is 1. The van der Waals surface area contributed by atoms with Crippen molar-refractivity contribution < 1.29 is 5.11 Å². The highest BCUT2D eigenvalue weighted by atomic mass is 32.1. The third-order valence-electron chi connectivity index (χ3n) is 4.95. The van der Waals surface area contributed by atoms with E-state index in [0.717, 1.165) is 45.0 Å². The van der Waals surface area contributed by atoms with Gasteiger partial charge in [-0.05, 0) is 47.5 Å². The van der Waals surface area contributed by atoms with Gasteiger partial charge in [-0.1, -0.05) is 31.2 Å². The SMILES string of the molecule is CC[C@@H](N)c1ccc(-c2c(O)cc(C)c3[nH]c(=O)c4sccc4c23)cc1. The Kier molecular flexibility index (Phi) is 4.05. The van der Waals surface area contributed by atoms with Crippen LogP contribution in [0.15, 0.2) is 46.6 Å². The van der Waals surface area contributed by atoms with E-state index >= 15 is 0 Å². The van der Waals surface area contributed by atoms with Crippen LogP contribution in [-0.2, 0) is 0 Å². The maximum absolute atomic E-state index is 12.4. The number of pyridine rings is 1. The van der Waals surface area contributed by atoms with E-state index in [2.05, 4.69) is 11.9 Å². The number of fused-ring (bicyclic) bond motifs is 3. The molecule has 0 saturated heterocycles. The Morgan fingerprint density at radius 3 is 2.65 bits per heavy atom. The van der Waals surface area contributed by atoms with Crippen molar-refractivity contribution in [1.29, 1.82) is 0 Å². The van der Waals surface area contributed by atoms with E-state index in [1.54, 1.807) is 6.07 Å². The van der Waals surface area contributed by atoms with Crippen molar-refractivity contribution in [2.75, 3.05) is 0 Å². The fourth-order valence-electron chi connectivity index (χ4n) is 3.51. The van der Waals surface area contributed by atoms with Crippen LogP contribution in [0.5, 0.6) is 5.75 Å². The molecular weight excluding hydrogens is 344 g/mol. The first-order valence-corrected chi connectivity index (χ1v) is 9.51. The smallest absolute Gasteiger partial charge is 0.266 e. The van der Waals surface area contributed by atoms with Crippen LogP contribution < -0.4 is 11.3 Å². The van der Waals surface area contributed by atoms with Crippen molar-refractivity contribution in [2.45, 2.75) is 26.3 Å². The molecule has 4 N–H and O–H groups in total. The molecule has 2 heterocycles. The van der Waals surface area contributed by atoms with Gasteiger partial charge in [-0.2, -0.15) is 0 Å². The fourth-order valence-corrected chi connectivity index (χ4v) is 4.30. The summed E-state index contributed by atoms with van der Waals surface area (Å²) in [5, 5.41) is 14.4. The molecule has 0 bridgehead atoms. The van der Waals surface area contributed by atoms with Crippen LogP contribution in [0.4, 0.5) is 0 Å². The zero-order chi connectivity index (χ0) is 18.4. The van der Waals surface area contributed by atoms with Crippen LogP contribution in [-0.4, -0.2) is 10.1 Å². The first-order valence-electron chi connectivity index (χ1n) is 8.63. The monoisotopic (exact) mass is 364 g/mol. The molecule has 0 aliphatic carbocycles. The van der Waals surface area contributed by atoms with Gasteiger partial charge in [0.05, 0.1) is 5.52 Å². The Morgan fingerprint density at radius 1 is 1.23 bits per heavy atom. The lowest BCUT2D eigenvalue weighted by Gasteiger charge is -2.14. The maximum atomic E-state index is 12.4. The van der Waals surface area contributed by atoms with E-state index in [0.29, 0.717) is 4.70 Å². The number of H-pyrrole nitrogens is 1. The van der Waals surface area contributed by atoms with Crippen LogP contribution in [0.2, 0.25) is 0 Å². The third kappa shape index (κ3) is 2.52. The van der Waals surface area contributed by atoms with Crippen molar-refractivity contribution in [1.82, 2.24) is 4.98 Å². The van der Waals surface area contributed by atoms with E-state index < -0.39 is 0 Å². The second-order valence-electron chi connectivity index (χ2n) is 6.59. The largest absolute Gasteiger partial charge is 0.507 e. The van der Waals surface area contributed by atoms with E-state index in [1.807, 2.05) is 42.6 Å². The minimum Gasteiger partial charge on any atom is -0.507 e. The predicted molar refractivity (Wildman–Crippen MR) is 109 cm³/mol. The lowest BCUT2D eigenvalue weighted by Crippen LogP contribution is -2.08. The lowest BCUT2D eigenvalue weighted by molar-refractivity contribution is 0.477. The van der Waals surface area contributed by atoms with E-state index in [4.69, 9.17) is 5.73 Å². The van der Waals surface area contributed by atoms with Crippen LogP contribution in [0.25, 0.3) is 32.1 Å². The van der Waals surface area contributed by atoms with Crippen LogP contribution in [0.1, 0.15) is 30.5 Å². The first-order chi connectivity index (χ1) is 12.5. The molecule has 26 heavy (non-hydrogen) atoms. The molecule has 1 atom stereocenters. The number of hydrogen-bond acceptors (Lipinski definition) is 4. The number of aromatic amines is 1. The number of aryl methyl sites for hydroxylation is 1. The normalized spacial score (nSPS) is 12.7. The van der Waals surface area contributed by atoms with Gasteiger partial charge in [0.15, 0.2) is 0 Å². The van der Waals surface area contributed by atoms with Crippen molar-refractivity contribution in [3.8, 4) is 16.9 Å². The topological polar surface area (TPSA) is 79.1 Å². The number of aromatic nitrogens is 1. The summed E-state index contributed by atoms with van der Waals surface area (Å²) < 4.78 is 0.674. The Hall–Kier alpha value is -2.63. The molecule has 5 heteroatoms. The Balaban J connectivity index is 2.06. The average Bonchev–Trinajstić information content (AvgIpc) is 3.13. The molecular formula is C21H20N2O2S. The van der Waals surface area contributed by atoms with Gasteiger partial charge >= 0.3 is 0 Å². The minimum atomic E-state index is -0.0912. The quantitative estimate of drug-likeness (QED) is 0.487. The second kappa shape index (κ2) is 6.27. The van der Waals surface area contributed by atoms with Gasteiger partial charge in [-0.3, -0.25) is 4.79 Å². The number of thiophene rings is 1. The van der Waals surface area contributed by atoms with E-state index in [1.165, 1.54) is 11.3 Å². The highest BCUT2D eigenvalue weighted by molar-refractivity contribution is 7.17. The molecule has 132 valence electrons. The molecule has 2 aromatic heterocycles. The van der Waals surface area contributed by atoms with Crippen molar-refractivity contribution in [3.63, 3.8) is 0 Å². The number of rotatable bonds is 3. The van der Waals surface area contributed by atoms with Gasteiger partial charge in [0, 0.05) is 22.4 Å². The summed E-state index contributed by atoms with van der Waals surface area (Å²) in [7, 11) is 0. The fraction of sp³-hybridized carbons (Fsp3) is 0.190. The molecule has 0 unspecified atom stereocenters. The van der Waals surface area contributed by atoms with Crippen molar-refractivity contribution >= 4 is 32.3 Å². The van der Waals surface area contributed by atoms with Crippen LogP contribution in [0.3, 0.4) is 0 Å². The van der Waals surface area contributed by atoms with Crippen molar-refractivity contribution in [3.05, 3.63) is 63.3 Å². The molecule has 0 aliphatic rings. The van der Waals surface area contributed by atoms with Gasteiger partial charge in [0.2, 0.25) is 0 Å². The van der Waals surface area contributed by atoms with Gasteiger partial charge < -0.3 is 15.8 Å². The Morgan fingerprint density at radius 2 is 1.96 bits per heavy atom. The second-order valence-corrected chi connectivity index (χ2v) is 7.51. The molecule has 0 fully saturated rings. The van der Waals surface area contributed by atoms with Gasteiger partial charge in [0.25, 0.3) is 5.56 Å². The number of benzene rings is 2. The van der Waals surface area contributed by atoms with Crippen LogP contribution >= 0.6 is 11.3 Å². The minimum absolute atomic E-state index is 0.00680. The number of phenols is 1. The first kappa shape index (κ1) is 16.8. The summed E-state index contributed by atoms with van der Waals surface area (Å²) in [5.41, 5.74) is 10.3. The summed E-state index contributed by atoms with van der Waals surface area (Å²) >= 11 is 1.41. The number of nitrogens with one attached hydrogen (secondary N) is 1. The van der Waals surface area contributed by atoms with E-state index in [9.17, 15) is 9.90 Å². The molecule has 4 aromatic rings. The average molecular weight is 364 g/mol. The summed E-state index contributed by atoms with van der Waals surface area (Å²) in [6, 6.07) is 11.6. The van der Waals surface area contributed by atoms with Gasteiger partial charge in [-0.25, -0.2) is 0 Å². The zero-order valence-corrected chi connectivity index (χ0v) is 15.5. The number of nitrogens with two attached hydrogens (primary N) is 1. The standard InChI is InChI=1S/C21H20N2O2S/c1-3-15(22)12-4-6-13(7-5-12)17-16(24)10-11(2)19-18(17)14-8-9-26-20(14)21(25)23-19/h4-10,15,24H,3,22H2,1-2H3,(H,23,25)/t15-/m1/s1. The lowest BCUT2D eigenvalue weighted by atomic mass is 9.93. The number of hydrogen-bond donors (Lipinski definition) is 3. The van der Waals surface area contributed by atoms with Gasteiger partial charge in [-0.15, -0.1) is 11.3 Å². The zero-order valence-electron chi connectivity index (χ0n) is 14.7. The molecule has 4 nitrogen and oxygen atoms in total. The highest BCUT2D eigenvalue weighted by Crippen LogP contribution is 2.41. The Labute approximate surface area is 154 Å². The summed E-state index contributed by atoms with van der Waals surface area (Å²) in [4.78, 5) is 15.4. The summed E-state index contributed by atoms with van der Waals surface area (Å²) in [6.45, 7) is 3.95. The molecule has 0 amide bonds. The molecule has 2 aromatic carbocycles. The molecule has 0 saturated carbocycles. The maximum Gasteiger partial charge on any atom is 0.266 e.